The lowest BCUT2D eigenvalue weighted by Gasteiger charge is -2.20. The highest BCUT2D eigenvalue weighted by Crippen LogP contribution is 2.32. The molecule has 2 fully saturated rings. The summed E-state index contributed by atoms with van der Waals surface area (Å²) in [5.74, 6) is 2.15. The summed E-state index contributed by atoms with van der Waals surface area (Å²) in [6.07, 6.45) is 0.316. The summed E-state index contributed by atoms with van der Waals surface area (Å²) in [4.78, 5) is 14.9. The Bertz CT molecular complexity index is 916. The van der Waals surface area contributed by atoms with Crippen LogP contribution in [0.5, 0.6) is 17.2 Å². The van der Waals surface area contributed by atoms with E-state index in [1.165, 1.54) is 0 Å². The Hall–Kier alpha value is -2.77. The molecule has 2 saturated heterocycles. The van der Waals surface area contributed by atoms with Crippen LogP contribution < -0.4 is 14.2 Å². The van der Waals surface area contributed by atoms with Crippen molar-refractivity contribution >= 4 is 5.91 Å². The minimum absolute atomic E-state index is 0.0294. The molecule has 0 radical (unpaired) electrons. The number of hydrogen-bond acceptors (Lipinski definition) is 6. The highest BCUT2D eigenvalue weighted by Gasteiger charge is 2.40. The topological polar surface area (TPSA) is 66.5 Å². The fourth-order valence-electron chi connectivity index (χ4n) is 4.23. The maximum atomic E-state index is 13.1. The first-order valence-electron chi connectivity index (χ1n) is 10.3. The normalized spacial score (nSPS) is 23.3. The zero-order chi connectivity index (χ0) is 20.5. The number of carbonyl (C=O) groups excluding carboxylic acids is 1. The molecular formula is C23H25NO6. The predicted octanol–water partition coefficient (Wildman–Crippen LogP) is 2.32. The number of para-hydroxylation sites is 1. The van der Waals surface area contributed by atoms with Gasteiger partial charge in [0.15, 0.2) is 0 Å². The lowest BCUT2D eigenvalue weighted by Crippen LogP contribution is -2.33. The van der Waals surface area contributed by atoms with E-state index in [9.17, 15) is 4.79 Å². The average molecular weight is 411 g/mol. The van der Waals surface area contributed by atoms with Gasteiger partial charge < -0.3 is 28.6 Å². The van der Waals surface area contributed by atoms with E-state index in [0.717, 1.165) is 23.5 Å². The zero-order valence-electron chi connectivity index (χ0n) is 16.9. The molecule has 0 aromatic heterocycles. The van der Waals surface area contributed by atoms with Crippen LogP contribution in [0.3, 0.4) is 0 Å². The van der Waals surface area contributed by atoms with E-state index in [1.54, 1.807) is 12.0 Å². The van der Waals surface area contributed by atoms with Crippen LogP contribution >= 0.6 is 0 Å². The van der Waals surface area contributed by atoms with Crippen molar-refractivity contribution in [1.29, 1.82) is 0 Å². The molecule has 2 aromatic carbocycles. The number of rotatable bonds is 4. The summed E-state index contributed by atoms with van der Waals surface area (Å²) in [6.45, 7) is 2.44. The maximum absolute atomic E-state index is 13.1. The third-order valence-electron chi connectivity index (χ3n) is 5.78. The Morgan fingerprint density at radius 3 is 2.53 bits per heavy atom. The number of fused-ring (bicyclic) bond motifs is 2. The van der Waals surface area contributed by atoms with Crippen LogP contribution in [0.15, 0.2) is 42.5 Å². The first-order chi connectivity index (χ1) is 14.7. The van der Waals surface area contributed by atoms with E-state index in [4.69, 9.17) is 23.7 Å². The molecule has 2 aromatic rings. The van der Waals surface area contributed by atoms with Gasteiger partial charge in [-0.05, 0) is 23.8 Å². The summed E-state index contributed by atoms with van der Waals surface area (Å²) in [5, 5.41) is 0. The Labute approximate surface area is 175 Å². The summed E-state index contributed by atoms with van der Waals surface area (Å²) >= 11 is 0. The van der Waals surface area contributed by atoms with Gasteiger partial charge in [-0.15, -0.1) is 0 Å². The van der Waals surface area contributed by atoms with E-state index in [0.29, 0.717) is 44.2 Å². The molecule has 7 heteroatoms. The smallest absolute Gasteiger partial charge is 0.257 e. The molecule has 3 heterocycles. The molecule has 0 aliphatic carbocycles. The molecule has 3 aliphatic heterocycles. The number of amides is 1. The summed E-state index contributed by atoms with van der Waals surface area (Å²) < 4.78 is 29.1. The number of hydrogen-bond donors (Lipinski definition) is 0. The quantitative estimate of drug-likeness (QED) is 0.769. The first kappa shape index (κ1) is 19.2. The van der Waals surface area contributed by atoms with Gasteiger partial charge in [-0.1, -0.05) is 18.2 Å². The molecule has 30 heavy (non-hydrogen) atoms. The minimum Gasteiger partial charge on any atom is -0.497 e. The van der Waals surface area contributed by atoms with Crippen molar-refractivity contribution < 1.29 is 28.5 Å². The van der Waals surface area contributed by atoms with Gasteiger partial charge in [0, 0.05) is 25.6 Å². The minimum atomic E-state index is -0.211. The van der Waals surface area contributed by atoms with Crippen molar-refractivity contribution in [2.24, 2.45) is 0 Å². The molecule has 0 spiro atoms. The Morgan fingerprint density at radius 2 is 1.77 bits per heavy atom. The van der Waals surface area contributed by atoms with Gasteiger partial charge in [-0.25, -0.2) is 0 Å². The third-order valence-corrected chi connectivity index (χ3v) is 5.78. The fourth-order valence-corrected chi connectivity index (χ4v) is 4.23. The monoisotopic (exact) mass is 411 g/mol. The van der Waals surface area contributed by atoms with Crippen LogP contribution in [0.1, 0.15) is 15.9 Å². The van der Waals surface area contributed by atoms with E-state index >= 15 is 0 Å². The molecular weight excluding hydrogens is 386 g/mol. The van der Waals surface area contributed by atoms with Gasteiger partial charge in [0.25, 0.3) is 5.91 Å². The fraction of sp³-hybridized carbons (Fsp3) is 0.435. The van der Waals surface area contributed by atoms with E-state index in [1.807, 2.05) is 42.5 Å². The maximum Gasteiger partial charge on any atom is 0.257 e. The first-order valence-corrected chi connectivity index (χ1v) is 10.3. The van der Waals surface area contributed by atoms with E-state index in [2.05, 4.69) is 0 Å². The molecule has 0 unspecified atom stereocenters. The van der Waals surface area contributed by atoms with Crippen LogP contribution in [0, 0.1) is 0 Å². The average Bonchev–Trinajstić information content (AvgIpc) is 3.38. The van der Waals surface area contributed by atoms with Crippen LogP contribution in [0.2, 0.25) is 0 Å². The summed E-state index contributed by atoms with van der Waals surface area (Å²) in [7, 11) is 1.63. The summed E-state index contributed by atoms with van der Waals surface area (Å²) in [5.41, 5.74) is 1.72. The lowest BCUT2D eigenvalue weighted by molar-refractivity contribution is -0.00461. The Morgan fingerprint density at radius 1 is 1.03 bits per heavy atom. The second-order valence-corrected chi connectivity index (χ2v) is 7.76. The van der Waals surface area contributed by atoms with Gasteiger partial charge in [0.05, 0.1) is 32.5 Å². The second-order valence-electron chi connectivity index (χ2n) is 7.76. The van der Waals surface area contributed by atoms with E-state index < -0.39 is 0 Å². The third kappa shape index (κ3) is 3.70. The van der Waals surface area contributed by atoms with Gasteiger partial charge in [-0.2, -0.15) is 0 Å². The number of benzene rings is 2. The van der Waals surface area contributed by atoms with E-state index in [-0.39, 0.29) is 24.2 Å². The van der Waals surface area contributed by atoms with Crippen molar-refractivity contribution in [1.82, 2.24) is 4.90 Å². The number of likely N-dealkylation sites (tertiary alicyclic amines) is 1. The van der Waals surface area contributed by atoms with Gasteiger partial charge >= 0.3 is 0 Å². The highest BCUT2D eigenvalue weighted by atomic mass is 16.6. The molecule has 5 rings (SSSR count). The molecule has 158 valence electrons. The zero-order valence-corrected chi connectivity index (χ0v) is 16.9. The van der Waals surface area contributed by atoms with Gasteiger partial charge in [-0.3, -0.25) is 4.79 Å². The van der Waals surface area contributed by atoms with Crippen molar-refractivity contribution in [2.75, 3.05) is 40.0 Å². The van der Waals surface area contributed by atoms with Crippen molar-refractivity contribution in [2.45, 2.75) is 24.7 Å². The largest absolute Gasteiger partial charge is 0.497 e. The van der Waals surface area contributed by atoms with Crippen molar-refractivity contribution in [3.05, 3.63) is 53.6 Å². The van der Waals surface area contributed by atoms with Crippen LogP contribution in [-0.2, 0) is 15.9 Å². The van der Waals surface area contributed by atoms with Crippen LogP contribution in [-0.4, -0.2) is 69.1 Å². The number of methoxy groups -OCH3 is 1. The Balaban J connectivity index is 1.21. The van der Waals surface area contributed by atoms with Gasteiger partial charge in [0.2, 0.25) is 0 Å². The second kappa shape index (κ2) is 8.16. The SMILES string of the molecule is COc1cccc(OC2CO[C@H]3CN(C(=O)c4cccc5c4OCC5)C[C@@H]3OC2)c1. The van der Waals surface area contributed by atoms with Crippen LogP contribution in [0.4, 0.5) is 0 Å². The molecule has 3 aliphatic rings. The molecule has 0 N–H and O–H groups in total. The molecule has 1 amide bonds. The summed E-state index contributed by atoms with van der Waals surface area (Å²) in [6, 6.07) is 13.2. The van der Waals surface area contributed by atoms with Crippen molar-refractivity contribution in [3.63, 3.8) is 0 Å². The molecule has 0 saturated carbocycles. The van der Waals surface area contributed by atoms with Crippen LogP contribution in [0.25, 0.3) is 0 Å². The van der Waals surface area contributed by atoms with Crippen molar-refractivity contribution in [3.8, 4) is 17.2 Å². The Kier molecular flexibility index (Phi) is 5.23. The standard InChI is InChI=1S/C23H25NO6/c1-26-16-5-3-6-17(10-16)30-18-13-28-20-11-24(12-21(20)29-14-18)23(25)19-7-2-4-15-8-9-27-22(15)19/h2-7,10,18,20-21H,8-9,11-14H2,1H3/t20-,21-/m0/s1. The molecule has 7 nitrogen and oxygen atoms in total. The molecule has 0 bridgehead atoms. The predicted molar refractivity (Wildman–Crippen MR) is 108 cm³/mol. The number of carbonyl (C=O) groups is 1. The highest BCUT2D eigenvalue weighted by molar-refractivity contribution is 5.97. The number of ether oxygens (including phenoxy) is 5. The lowest BCUT2D eigenvalue weighted by atomic mass is 10.1. The number of nitrogens with zero attached hydrogens (tertiary/aromatic N) is 1. The molecule has 2 atom stereocenters. The van der Waals surface area contributed by atoms with Gasteiger partial charge in [0.1, 0.15) is 35.6 Å².